The Morgan fingerprint density at radius 2 is 1.58 bits per heavy atom. The average molecular weight is 326 g/mol. The summed E-state index contributed by atoms with van der Waals surface area (Å²) >= 11 is 0. The van der Waals surface area contributed by atoms with Gasteiger partial charge in [0.2, 0.25) is 11.8 Å². The van der Waals surface area contributed by atoms with Crippen molar-refractivity contribution in [2.24, 2.45) is 0 Å². The largest absolute Gasteiger partial charge is 0.492 e. The van der Waals surface area contributed by atoms with Crippen LogP contribution in [0, 0.1) is 13.8 Å². The smallest absolute Gasteiger partial charge is 0.233 e. The van der Waals surface area contributed by atoms with Crippen molar-refractivity contribution in [2.75, 3.05) is 17.2 Å². The standard InChI is InChI=1S/C19H22N2O3/c1-4-24-17-8-6-5-7-16(17)21-19(23)12-18(22)20-15-10-13(2)9-14(3)11-15/h5-11H,4,12H2,1-3H3,(H,20,22)(H,21,23). The van der Waals surface area contributed by atoms with Gasteiger partial charge in [0, 0.05) is 5.69 Å². The van der Waals surface area contributed by atoms with Gasteiger partial charge in [-0.2, -0.15) is 0 Å². The molecule has 5 heteroatoms. The van der Waals surface area contributed by atoms with E-state index in [2.05, 4.69) is 10.6 Å². The third-order valence-electron chi connectivity index (χ3n) is 3.29. The number of para-hydroxylation sites is 2. The molecule has 0 bridgehead atoms. The molecule has 24 heavy (non-hydrogen) atoms. The summed E-state index contributed by atoms with van der Waals surface area (Å²) in [6.45, 7) is 6.29. The van der Waals surface area contributed by atoms with E-state index >= 15 is 0 Å². The lowest BCUT2D eigenvalue weighted by atomic mass is 10.1. The van der Waals surface area contributed by atoms with E-state index in [9.17, 15) is 9.59 Å². The van der Waals surface area contributed by atoms with E-state index in [0.29, 0.717) is 23.7 Å². The normalized spacial score (nSPS) is 10.1. The van der Waals surface area contributed by atoms with Gasteiger partial charge in [-0.15, -0.1) is 0 Å². The summed E-state index contributed by atoms with van der Waals surface area (Å²) in [6.07, 6.45) is -0.256. The molecule has 0 aliphatic rings. The van der Waals surface area contributed by atoms with Crippen LogP contribution in [0.5, 0.6) is 5.75 Å². The monoisotopic (exact) mass is 326 g/mol. The number of anilines is 2. The molecule has 0 saturated carbocycles. The Morgan fingerprint density at radius 3 is 2.25 bits per heavy atom. The maximum absolute atomic E-state index is 12.1. The van der Waals surface area contributed by atoms with Gasteiger partial charge in [-0.05, 0) is 56.2 Å². The summed E-state index contributed by atoms with van der Waals surface area (Å²) in [5.41, 5.74) is 3.37. The van der Waals surface area contributed by atoms with E-state index in [1.165, 1.54) is 0 Å². The number of ether oxygens (including phenoxy) is 1. The number of nitrogens with one attached hydrogen (secondary N) is 2. The van der Waals surface area contributed by atoms with Gasteiger partial charge in [0.15, 0.2) is 0 Å². The third-order valence-corrected chi connectivity index (χ3v) is 3.29. The van der Waals surface area contributed by atoms with Gasteiger partial charge in [-0.3, -0.25) is 9.59 Å². The zero-order chi connectivity index (χ0) is 17.5. The summed E-state index contributed by atoms with van der Waals surface area (Å²) in [7, 11) is 0. The van der Waals surface area contributed by atoms with Crippen molar-refractivity contribution < 1.29 is 14.3 Å². The molecule has 0 heterocycles. The van der Waals surface area contributed by atoms with Crippen molar-refractivity contribution in [2.45, 2.75) is 27.2 Å². The molecule has 0 aromatic heterocycles. The molecular formula is C19H22N2O3. The molecule has 5 nitrogen and oxygen atoms in total. The molecule has 2 aromatic carbocycles. The van der Waals surface area contributed by atoms with Crippen molar-refractivity contribution in [1.82, 2.24) is 0 Å². The SMILES string of the molecule is CCOc1ccccc1NC(=O)CC(=O)Nc1cc(C)cc(C)c1. The summed E-state index contributed by atoms with van der Waals surface area (Å²) in [5.74, 6) is -0.154. The predicted molar refractivity (Wildman–Crippen MR) is 95.4 cm³/mol. The Hall–Kier alpha value is -2.82. The first-order chi connectivity index (χ1) is 11.5. The Labute approximate surface area is 142 Å². The van der Waals surface area contributed by atoms with E-state index in [-0.39, 0.29) is 18.2 Å². The molecular weight excluding hydrogens is 304 g/mol. The maximum atomic E-state index is 12.1. The quantitative estimate of drug-likeness (QED) is 0.796. The molecule has 0 aliphatic carbocycles. The highest BCUT2D eigenvalue weighted by molar-refractivity contribution is 6.08. The number of benzene rings is 2. The lowest BCUT2D eigenvalue weighted by Crippen LogP contribution is -2.21. The molecule has 0 spiro atoms. The fourth-order valence-corrected chi connectivity index (χ4v) is 2.44. The van der Waals surface area contributed by atoms with Crippen molar-refractivity contribution in [3.63, 3.8) is 0 Å². The molecule has 0 fully saturated rings. The molecule has 2 amide bonds. The number of rotatable bonds is 6. The predicted octanol–water partition coefficient (Wildman–Crippen LogP) is 3.67. The van der Waals surface area contributed by atoms with Crippen LogP contribution in [0.1, 0.15) is 24.5 Å². The van der Waals surface area contributed by atoms with Gasteiger partial charge in [-0.25, -0.2) is 0 Å². The van der Waals surface area contributed by atoms with E-state index in [4.69, 9.17) is 4.74 Å². The first-order valence-corrected chi connectivity index (χ1v) is 7.87. The van der Waals surface area contributed by atoms with Crippen molar-refractivity contribution in [3.8, 4) is 5.75 Å². The van der Waals surface area contributed by atoms with Gasteiger partial charge >= 0.3 is 0 Å². The fraction of sp³-hybridized carbons (Fsp3) is 0.263. The number of hydrogen-bond donors (Lipinski definition) is 2. The van der Waals surface area contributed by atoms with Crippen LogP contribution in [-0.4, -0.2) is 18.4 Å². The zero-order valence-corrected chi connectivity index (χ0v) is 14.2. The topological polar surface area (TPSA) is 67.4 Å². The Bertz CT molecular complexity index is 721. The Balaban J connectivity index is 1.96. The van der Waals surface area contributed by atoms with E-state index in [0.717, 1.165) is 11.1 Å². The average Bonchev–Trinajstić information content (AvgIpc) is 2.48. The van der Waals surface area contributed by atoms with Gasteiger partial charge in [0.05, 0.1) is 12.3 Å². The van der Waals surface area contributed by atoms with Crippen LogP contribution >= 0.6 is 0 Å². The second-order valence-corrected chi connectivity index (χ2v) is 5.58. The molecule has 0 atom stereocenters. The lowest BCUT2D eigenvalue weighted by molar-refractivity contribution is -0.123. The number of aryl methyl sites for hydroxylation is 2. The van der Waals surface area contributed by atoms with E-state index in [1.54, 1.807) is 18.2 Å². The van der Waals surface area contributed by atoms with Crippen LogP contribution < -0.4 is 15.4 Å². The molecule has 0 unspecified atom stereocenters. The van der Waals surface area contributed by atoms with Gasteiger partial charge < -0.3 is 15.4 Å². The fourth-order valence-electron chi connectivity index (χ4n) is 2.44. The summed E-state index contributed by atoms with van der Waals surface area (Å²) < 4.78 is 5.45. The summed E-state index contributed by atoms with van der Waals surface area (Å²) in [6, 6.07) is 12.9. The van der Waals surface area contributed by atoms with Crippen LogP contribution in [0.25, 0.3) is 0 Å². The van der Waals surface area contributed by atoms with E-state index < -0.39 is 0 Å². The minimum Gasteiger partial charge on any atom is -0.492 e. The summed E-state index contributed by atoms with van der Waals surface area (Å²) in [4.78, 5) is 24.1. The number of carbonyl (C=O) groups is 2. The highest BCUT2D eigenvalue weighted by atomic mass is 16.5. The lowest BCUT2D eigenvalue weighted by Gasteiger charge is -2.11. The first-order valence-electron chi connectivity index (χ1n) is 7.87. The minimum atomic E-state index is -0.385. The van der Waals surface area contributed by atoms with Gasteiger partial charge in [0.1, 0.15) is 12.2 Å². The van der Waals surface area contributed by atoms with Crippen molar-refractivity contribution >= 4 is 23.2 Å². The zero-order valence-electron chi connectivity index (χ0n) is 14.2. The first kappa shape index (κ1) is 17.5. The molecule has 0 aliphatic heterocycles. The third kappa shape index (κ3) is 5.12. The highest BCUT2D eigenvalue weighted by Crippen LogP contribution is 2.23. The maximum Gasteiger partial charge on any atom is 0.233 e. The van der Waals surface area contributed by atoms with Gasteiger partial charge in [0.25, 0.3) is 0 Å². The molecule has 0 radical (unpaired) electrons. The molecule has 2 N–H and O–H groups in total. The molecule has 2 rings (SSSR count). The van der Waals surface area contributed by atoms with Crippen LogP contribution in [0.4, 0.5) is 11.4 Å². The second-order valence-electron chi connectivity index (χ2n) is 5.58. The molecule has 2 aromatic rings. The van der Waals surface area contributed by atoms with Crippen LogP contribution in [-0.2, 0) is 9.59 Å². The Kier molecular flexibility index (Phi) is 5.95. The Morgan fingerprint density at radius 1 is 0.958 bits per heavy atom. The second kappa shape index (κ2) is 8.15. The molecule has 0 saturated heterocycles. The number of hydrogen-bond acceptors (Lipinski definition) is 3. The van der Waals surface area contributed by atoms with Crippen LogP contribution in [0.15, 0.2) is 42.5 Å². The highest BCUT2D eigenvalue weighted by Gasteiger charge is 2.12. The minimum absolute atomic E-state index is 0.256. The van der Waals surface area contributed by atoms with Crippen LogP contribution in [0.2, 0.25) is 0 Å². The van der Waals surface area contributed by atoms with Crippen LogP contribution in [0.3, 0.4) is 0 Å². The number of amides is 2. The van der Waals surface area contributed by atoms with Crippen molar-refractivity contribution in [1.29, 1.82) is 0 Å². The summed E-state index contributed by atoms with van der Waals surface area (Å²) in [5, 5.41) is 5.46. The number of carbonyl (C=O) groups excluding carboxylic acids is 2. The molecule has 126 valence electrons. The van der Waals surface area contributed by atoms with Gasteiger partial charge in [-0.1, -0.05) is 18.2 Å². The van der Waals surface area contributed by atoms with E-state index in [1.807, 2.05) is 45.0 Å². The van der Waals surface area contributed by atoms with Crippen molar-refractivity contribution in [3.05, 3.63) is 53.6 Å².